The Morgan fingerprint density at radius 2 is 2.10 bits per heavy atom. The summed E-state index contributed by atoms with van der Waals surface area (Å²) in [5.74, 6) is 6.93. The fourth-order valence-electron chi connectivity index (χ4n) is 1.78. The minimum absolute atomic E-state index is 0.223. The summed E-state index contributed by atoms with van der Waals surface area (Å²) in [6.45, 7) is 2.09. The molecule has 0 bridgehead atoms. The Morgan fingerprint density at radius 1 is 1.30 bits per heavy atom. The van der Waals surface area contributed by atoms with Crippen LogP contribution in [-0.2, 0) is 12.2 Å². The number of nitrogens with one attached hydrogen (secondary N) is 1. The highest BCUT2D eigenvalue weighted by Gasteiger charge is 2.07. The maximum atomic E-state index is 13.5. The van der Waals surface area contributed by atoms with Gasteiger partial charge in [-0.1, -0.05) is 25.5 Å². The van der Waals surface area contributed by atoms with Crippen molar-refractivity contribution in [2.24, 2.45) is 5.84 Å². The van der Waals surface area contributed by atoms with Crippen molar-refractivity contribution in [2.75, 3.05) is 5.43 Å². The van der Waals surface area contributed by atoms with Gasteiger partial charge in [-0.25, -0.2) is 20.2 Å². The van der Waals surface area contributed by atoms with Crippen molar-refractivity contribution in [1.82, 2.24) is 9.97 Å². The zero-order valence-electron chi connectivity index (χ0n) is 11.3. The Bertz CT molecular complexity index is 577. The third kappa shape index (κ3) is 3.91. The maximum Gasteiger partial charge on any atom is 0.143 e. The lowest BCUT2D eigenvalue weighted by molar-refractivity contribution is 0.602. The molecule has 0 aliphatic rings. The zero-order valence-corrected chi connectivity index (χ0v) is 12.1. The molecule has 1 aromatic heterocycles. The lowest BCUT2D eigenvalue weighted by Gasteiger charge is -2.07. The topological polar surface area (TPSA) is 63.8 Å². The SMILES string of the molecule is CCCc1cc(NN)nc(CSc2ccccc2F)n1. The van der Waals surface area contributed by atoms with Crippen molar-refractivity contribution in [2.45, 2.75) is 30.4 Å². The van der Waals surface area contributed by atoms with E-state index in [9.17, 15) is 4.39 Å². The minimum Gasteiger partial charge on any atom is -0.308 e. The molecule has 0 saturated heterocycles. The van der Waals surface area contributed by atoms with Gasteiger partial charge in [-0.2, -0.15) is 0 Å². The van der Waals surface area contributed by atoms with Gasteiger partial charge in [-0.3, -0.25) is 0 Å². The average molecular weight is 292 g/mol. The third-order valence-corrected chi connectivity index (χ3v) is 3.72. The zero-order chi connectivity index (χ0) is 14.4. The average Bonchev–Trinajstić information content (AvgIpc) is 2.46. The highest BCUT2D eigenvalue weighted by atomic mass is 32.2. The molecule has 4 nitrogen and oxygen atoms in total. The van der Waals surface area contributed by atoms with Crippen molar-refractivity contribution in [3.8, 4) is 0 Å². The molecule has 1 aromatic carbocycles. The Hall–Kier alpha value is -1.66. The van der Waals surface area contributed by atoms with E-state index in [0.717, 1.165) is 18.5 Å². The van der Waals surface area contributed by atoms with Crippen LogP contribution in [0.25, 0.3) is 0 Å². The van der Waals surface area contributed by atoms with Gasteiger partial charge in [0, 0.05) is 16.7 Å². The van der Waals surface area contributed by atoms with Crippen LogP contribution in [0.2, 0.25) is 0 Å². The van der Waals surface area contributed by atoms with Crippen LogP contribution in [-0.4, -0.2) is 9.97 Å². The summed E-state index contributed by atoms with van der Waals surface area (Å²) in [4.78, 5) is 9.35. The normalized spacial score (nSPS) is 10.6. The van der Waals surface area contributed by atoms with Gasteiger partial charge in [0.25, 0.3) is 0 Å². The summed E-state index contributed by atoms with van der Waals surface area (Å²) >= 11 is 1.38. The van der Waals surface area contributed by atoms with Crippen LogP contribution in [0.1, 0.15) is 24.9 Å². The van der Waals surface area contributed by atoms with Gasteiger partial charge in [-0.15, -0.1) is 11.8 Å². The van der Waals surface area contributed by atoms with E-state index in [4.69, 9.17) is 5.84 Å². The van der Waals surface area contributed by atoms with Crippen LogP contribution < -0.4 is 11.3 Å². The van der Waals surface area contributed by atoms with E-state index in [1.807, 2.05) is 12.1 Å². The second-order valence-corrected chi connectivity index (χ2v) is 5.29. The second-order valence-electron chi connectivity index (χ2n) is 4.27. The molecule has 0 aliphatic heterocycles. The summed E-state index contributed by atoms with van der Waals surface area (Å²) in [6, 6.07) is 8.52. The Balaban J connectivity index is 2.12. The van der Waals surface area contributed by atoms with E-state index < -0.39 is 0 Å². The first-order chi connectivity index (χ1) is 9.72. The number of benzene rings is 1. The van der Waals surface area contributed by atoms with Gasteiger partial charge >= 0.3 is 0 Å². The Morgan fingerprint density at radius 3 is 2.80 bits per heavy atom. The molecule has 20 heavy (non-hydrogen) atoms. The van der Waals surface area contributed by atoms with Gasteiger partial charge in [0.2, 0.25) is 0 Å². The molecule has 106 valence electrons. The molecule has 0 saturated carbocycles. The van der Waals surface area contributed by atoms with Crippen LogP contribution in [0.5, 0.6) is 0 Å². The van der Waals surface area contributed by atoms with Crippen LogP contribution in [0, 0.1) is 5.82 Å². The smallest absolute Gasteiger partial charge is 0.143 e. The molecule has 0 aliphatic carbocycles. The van der Waals surface area contributed by atoms with Gasteiger partial charge in [0.05, 0.1) is 5.75 Å². The molecule has 3 N–H and O–H groups in total. The van der Waals surface area contributed by atoms with E-state index in [2.05, 4.69) is 22.3 Å². The summed E-state index contributed by atoms with van der Waals surface area (Å²) in [5.41, 5.74) is 3.49. The molecule has 0 unspecified atom stereocenters. The molecular formula is C14H17FN4S. The van der Waals surface area contributed by atoms with Crippen molar-refractivity contribution < 1.29 is 4.39 Å². The number of aryl methyl sites for hydroxylation is 1. The number of anilines is 1. The van der Waals surface area contributed by atoms with Crippen LogP contribution >= 0.6 is 11.8 Å². The quantitative estimate of drug-likeness (QED) is 0.486. The number of thioether (sulfide) groups is 1. The molecule has 0 radical (unpaired) electrons. The summed E-state index contributed by atoms with van der Waals surface area (Å²) in [6.07, 6.45) is 1.87. The fraction of sp³-hybridized carbons (Fsp3) is 0.286. The molecule has 1 heterocycles. The standard InChI is InChI=1S/C14H17FN4S/c1-2-5-10-8-13(19-16)18-14(17-10)9-20-12-7-4-3-6-11(12)15/h3-4,6-8H,2,5,9,16H2,1H3,(H,17,18,19). The minimum atomic E-state index is -0.223. The molecular weight excluding hydrogens is 275 g/mol. The molecule has 0 spiro atoms. The van der Waals surface area contributed by atoms with Gasteiger partial charge in [0.1, 0.15) is 17.5 Å². The summed E-state index contributed by atoms with van der Waals surface area (Å²) in [5, 5.41) is 0. The number of nitrogens with two attached hydrogens (primary N) is 1. The lowest BCUT2D eigenvalue weighted by atomic mass is 10.2. The molecule has 2 rings (SSSR count). The van der Waals surface area contributed by atoms with E-state index >= 15 is 0 Å². The number of hydrogen-bond donors (Lipinski definition) is 2. The fourth-order valence-corrected chi connectivity index (χ4v) is 2.57. The molecule has 0 fully saturated rings. The first kappa shape index (κ1) is 14.7. The highest BCUT2D eigenvalue weighted by molar-refractivity contribution is 7.98. The summed E-state index contributed by atoms with van der Waals surface area (Å²) < 4.78 is 13.5. The van der Waals surface area contributed by atoms with Crippen molar-refractivity contribution in [3.63, 3.8) is 0 Å². The van der Waals surface area contributed by atoms with E-state index in [-0.39, 0.29) is 5.82 Å². The third-order valence-electron chi connectivity index (χ3n) is 2.67. The number of nitrogens with zero attached hydrogens (tertiary/aromatic N) is 2. The summed E-state index contributed by atoms with van der Waals surface area (Å²) in [7, 11) is 0. The molecule has 0 amide bonds. The molecule has 0 atom stereocenters. The van der Waals surface area contributed by atoms with Gasteiger partial charge in [-0.05, 0) is 18.6 Å². The second kappa shape index (κ2) is 7.21. The van der Waals surface area contributed by atoms with Crippen molar-refractivity contribution in [3.05, 3.63) is 47.7 Å². The largest absolute Gasteiger partial charge is 0.308 e. The predicted molar refractivity (Wildman–Crippen MR) is 79.8 cm³/mol. The van der Waals surface area contributed by atoms with Crippen LogP contribution in [0.4, 0.5) is 10.2 Å². The van der Waals surface area contributed by atoms with E-state index in [1.165, 1.54) is 17.8 Å². The van der Waals surface area contributed by atoms with Gasteiger partial charge < -0.3 is 5.43 Å². The lowest BCUT2D eigenvalue weighted by Crippen LogP contribution is -2.11. The Kier molecular flexibility index (Phi) is 5.31. The number of rotatable bonds is 6. The molecule has 6 heteroatoms. The van der Waals surface area contributed by atoms with Crippen molar-refractivity contribution >= 4 is 17.6 Å². The number of halogens is 1. The first-order valence-corrected chi connectivity index (χ1v) is 7.42. The van der Waals surface area contributed by atoms with E-state index in [0.29, 0.717) is 22.3 Å². The highest BCUT2D eigenvalue weighted by Crippen LogP contribution is 2.24. The molecule has 2 aromatic rings. The predicted octanol–water partition coefficient (Wildman–Crippen LogP) is 3.15. The number of hydrazine groups is 1. The van der Waals surface area contributed by atoms with Gasteiger partial charge in [0.15, 0.2) is 0 Å². The maximum absolute atomic E-state index is 13.5. The van der Waals surface area contributed by atoms with Crippen LogP contribution in [0.15, 0.2) is 35.2 Å². The monoisotopic (exact) mass is 292 g/mol. The first-order valence-electron chi connectivity index (χ1n) is 6.43. The van der Waals surface area contributed by atoms with Crippen molar-refractivity contribution in [1.29, 1.82) is 0 Å². The Labute approximate surface area is 122 Å². The number of nitrogen functional groups attached to an aromatic ring is 1. The van der Waals surface area contributed by atoms with E-state index in [1.54, 1.807) is 12.1 Å². The number of hydrogen-bond acceptors (Lipinski definition) is 5. The number of aromatic nitrogens is 2. The van der Waals surface area contributed by atoms with Crippen LogP contribution in [0.3, 0.4) is 0 Å².